The molecule has 0 spiro atoms. The molecular formula is C12H6Cl2O3S. The maximum atomic E-state index is 12.4. The molecule has 3 rings (SSSR count). The van der Waals surface area contributed by atoms with Crippen molar-refractivity contribution in [3.8, 4) is 11.5 Å². The minimum Gasteiger partial charge on any atom is -0.453 e. The molecule has 1 aliphatic rings. The average molecular weight is 301 g/mol. The Morgan fingerprint density at radius 3 is 2.39 bits per heavy atom. The molecule has 0 saturated heterocycles. The normalized spacial score (nSPS) is 15.4. The molecule has 3 nitrogen and oxygen atoms in total. The lowest BCUT2D eigenvalue weighted by atomic mass is 10.3. The fourth-order valence-corrected chi connectivity index (χ4v) is 4.16. The van der Waals surface area contributed by atoms with Gasteiger partial charge in [0, 0.05) is 0 Å². The van der Waals surface area contributed by atoms with Crippen molar-refractivity contribution in [1.29, 1.82) is 0 Å². The molecule has 6 heteroatoms. The minimum atomic E-state index is -3.70. The Hall–Kier alpha value is -1.23. The van der Waals surface area contributed by atoms with Gasteiger partial charge in [-0.05, 0) is 24.3 Å². The summed E-state index contributed by atoms with van der Waals surface area (Å²) in [6.07, 6.45) is 0. The van der Waals surface area contributed by atoms with Gasteiger partial charge in [0.15, 0.2) is 5.75 Å². The molecule has 0 atom stereocenters. The van der Waals surface area contributed by atoms with Gasteiger partial charge in [-0.15, -0.1) is 0 Å². The van der Waals surface area contributed by atoms with E-state index in [1.165, 1.54) is 12.1 Å². The lowest BCUT2D eigenvalue weighted by Crippen LogP contribution is -2.11. The van der Waals surface area contributed by atoms with Gasteiger partial charge < -0.3 is 4.74 Å². The first-order valence-corrected chi connectivity index (χ1v) is 7.25. The third kappa shape index (κ3) is 1.53. The molecule has 0 aromatic heterocycles. The van der Waals surface area contributed by atoms with Gasteiger partial charge in [0.05, 0.1) is 10.0 Å². The first-order chi connectivity index (χ1) is 8.51. The molecule has 0 unspecified atom stereocenters. The van der Waals surface area contributed by atoms with Gasteiger partial charge in [0.1, 0.15) is 15.5 Å². The minimum absolute atomic E-state index is 0.0126. The first-order valence-electron chi connectivity index (χ1n) is 5.02. The van der Waals surface area contributed by atoms with E-state index in [9.17, 15) is 8.42 Å². The fraction of sp³-hybridized carbons (Fsp3) is 0. The molecule has 0 aliphatic carbocycles. The lowest BCUT2D eigenvalue weighted by Gasteiger charge is -2.21. The number of rotatable bonds is 0. The molecule has 18 heavy (non-hydrogen) atoms. The second-order valence-electron chi connectivity index (χ2n) is 3.74. The van der Waals surface area contributed by atoms with Crippen LogP contribution in [0.25, 0.3) is 0 Å². The molecule has 0 N–H and O–H groups in total. The van der Waals surface area contributed by atoms with Crippen LogP contribution in [0.1, 0.15) is 0 Å². The second kappa shape index (κ2) is 3.88. The van der Waals surface area contributed by atoms with Gasteiger partial charge in [-0.3, -0.25) is 0 Å². The summed E-state index contributed by atoms with van der Waals surface area (Å²) in [7, 11) is -3.70. The molecule has 0 fully saturated rings. The predicted molar refractivity (Wildman–Crippen MR) is 68.4 cm³/mol. The van der Waals surface area contributed by atoms with Crippen LogP contribution in [0.15, 0.2) is 46.2 Å². The van der Waals surface area contributed by atoms with E-state index in [2.05, 4.69) is 0 Å². The summed E-state index contributed by atoms with van der Waals surface area (Å²) in [5, 5.41) is 0.389. The Labute approximate surface area is 114 Å². The van der Waals surface area contributed by atoms with Crippen molar-refractivity contribution < 1.29 is 13.2 Å². The van der Waals surface area contributed by atoms with Crippen LogP contribution in [-0.4, -0.2) is 8.42 Å². The van der Waals surface area contributed by atoms with Crippen LogP contribution in [0.2, 0.25) is 10.0 Å². The van der Waals surface area contributed by atoms with Crippen molar-refractivity contribution in [2.75, 3.05) is 0 Å². The van der Waals surface area contributed by atoms with Crippen LogP contribution < -0.4 is 4.74 Å². The van der Waals surface area contributed by atoms with Gasteiger partial charge in [0.2, 0.25) is 9.84 Å². The largest absolute Gasteiger partial charge is 0.453 e. The van der Waals surface area contributed by atoms with Crippen LogP contribution in [0.5, 0.6) is 11.5 Å². The number of hydrogen-bond acceptors (Lipinski definition) is 3. The molecule has 0 radical (unpaired) electrons. The first kappa shape index (κ1) is 11.8. The van der Waals surface area contributed by atoms with Crippen LogP contribution in [0, 0.1) is 0 Å². The number of hydrogen-bond donors (Lipinski definition) is 0. The SMILES string of the molecule is O=S1(=O)c2cccc(Cl)c2Oc2cccc(Cl)c21. The van der Waals surface area contributed by atoms with Crippen molar-refractivity contribution in [3.63, 3.8) is 0 Å². The van der Waals surface area contributed by atoms with Gasteiger partial charge in [0.25, 0.3) is 0 Å². The maximum Gasteiger partial charge on any atom is 0.215 e. The number of sulfone groups is 1. The van der Waals surface area contributed by atoms with E-state index in [0.29, 0.717) is 0 Å². The third-order valence-electron chi connectivity index (χ3n) is 2.63. The maximum absolute atomic E-state index is 12.4. The second-order valence-corrected chi connectivity index (χ2v) is 6.41. The van der Waals surface area contributed by atoms with Crippen LogP contribution in [-0.2, 0) is 9.84 Å². The number of para-hydroxylation sites is 1. The zero-order chi connectivity index (χ0) is 12.9. The highest BCUT2D eigenvalue weighted by atomic mass is 35.5. The summed E-state index contributed by atoms with van der Waals surface area (Å²) in [5.41, 5.74) is 0. The summed E-state index contributed by atoms with van der Waals surface area (Å²) in [4.78, 5) is 0.0250. The van der Waals surface area contributed by atoms with E-state index >= 15 is 0 Å². The Balaban J connectivity index is 2.42. The number of halogens is 2. The number of ether oxygens (including phenoxy) is 1. The average Bonchev–Trinajstić information content (AvgIpc) is 2.30. The highest BCUT2D eigenvalue weighted by Gasteiger charge is 2.34. The molecule has 92 valence electrons. The summed E-state index contributed by atoms with van der Waals surface area (Å²) in [6, 6.07) is 9.26. The van der Waals surface area contributed by atoms with Crippen molar-refractivity contribution in [3.05, 3.63) is 46.4 Å². The number of fused-ring (bicyclic) bond motifs is 2. The van der Waals surface area contributed by atoms with Gasteiger partial charge in [-0.1, -0.05) is 35.3 Å². The molecule has 0 bridgehead atoms. The quantitative estimate of drug-likeness (QED) is 0.632. The Kier molecular flexibility index (Phi) is 2.55. The van der Waals surface area contributed by atoms with Gasteiger partial charge >= 0.3 is 0 Å². The van der Waals surface area contributed by atoms with E-state index in [1.54, 1.807) is 24.3 Å². The lowest BCUT2D eigenvalue weighted by molar-refractivity contribution is 0.443. The zero-order valence-electron chi connectivity index (χ0n) is 8.85. The van der Waals surface area contributed by atoms with Crippen LogP contribution in [0.4, 0.5) is 0 Å². The van der Waals surface area contributed by atoms with E-state index < -0.39 is 9.84 Å². The number of benzene rings is 2. The van der Waals surface area contributed by atoms with Gasteiger partial charge in [-0.25, -0.2) is 8.42 Å². The van der Waals surface area contributed by atoms with E-state index in [1.807, 2.05) is 0 Å². The summed E-state index contributed by atoms with van der Waals surface area (Å²) in [5.74, 6) is 0.344. The molecule has 0 amide bonds. The van der Waals surface area contributed by atoms with Crippen LogP contribution >= 0.6 is 23.2 Å². The highest BCUT2D eigenvalue weighted by Crippen LogP contribution is 2.47. The molecule has 2 aromatic rings. The topological polar surface area (TPSA) is 43.4 Å². The van der Waals surface area contributed by atoms with E-state index in [0.717, 1.165) is 0 Å². The van der Waals surface area contributed by atoms with Gasteiger partial charge in [-0.2, -0.15) is 0 Å². The Bertz CT molecular complexity index is 754. The Morgan fingerprint density at radius 1 is 0.944 bits per heavy atom. The van der Waals surface area contributed by atoms with E-state index in [4.69, 9.17) is 27.9 Å². The highest BCUT2D eigenvalue weighted by molar-refractivity contribution is 7.92. The van der Waals surface area contributed by atoms with Crippen molar-refractivity contribution in [2.45, 2.75) is 9.79 Å². The molecular weight excluding hydrogens is 295 g/mol. The molecule has 1 aliphatic heterocycles. The van der Waals surface area contributed by atoms with Crippen molar-refractivity contribution in [2.24, 2.45) is 0 Å². The smallest absolute Gasteiger partial charge is 0.215 e. The van der Waals surface area contributed by atoms with E-state index in [-0.39, 0.29) is 31.3 Å². The fourth-order valence-electron chi connectivity index (χ4n) is 1.85. The summed E-state index contributed by atoms with van der Waals surface area (Å²) in [6.45, 7) is 0. The van der Waals surface area contributed by atoms with Crippen molar-refractivity contribution in [1.82, 2.24) is 0 Å². The summed E-state index contributed by atoms with van der Waals surface area (Å²) >= 11 is 11.9. The monoisotopic (exact) mass is 300 g/mol. The van der Waals surface area contributed by atoms with Crippen molar-refractivity contribution >= 4 is 33.0 Å². The molecule has 2 aromatic carbocycles. The standard InChI is InChI=1S/C12H6Cl2O3S/c13-7-3-2-6-10-11(7)17-9-5-1-4-8(14)12(9)18(10,15)16/h1-6H. The molecule has 0 saturated carbocycles. The van der Waals surface area contributed by atoms with Crippen LogP contribution in [0.3, 0.4) is 0 Å². The molecule has 1 heterocycles. The third-order valence-corrected chi connectivity index (χ3v) is 5.22. The zero-order valence-corrected chi connectivity index (χ0v) is 11.2. The summed E-state index contributed by atoms with van der Waals surface area (Å²) < 4.78 is 30.4. The Morgan fingerprint density at radius 2 is 1.61 bits per heavy atom. The predicted octanol–water partition coefficient (Wildman–Crippen LogP) is 3.93.